The van der Waals surface area contributed by atoms with Crippen LogP contribution in [0.2, 0.25) is 0 Å². The normalized spacial score (nSPS) is 10.7. The summed E-state index contributed by atoms with van der Waals surface area (Å²) >= 11 is 3.50. The molecule has 0 aliphatic heterocycles. The summed E-state index contributed by atoms with van der Waals surface area (Å²) in [5, 5.41) is 1.26. The smallest absolute Gasteiger partial charge is 0.293 e. The van der Waals surface area contributed by atoms with Gasteiger partial charge in [0, 0.05) is 16.1 Å². The van der Waals surface area contributed by atoms with Gasteiger partial charge in [0.15, 0.2) is 0 Å². The largest absolute Gasteiger partial charge is 0.462 e. The van der Waals surface area contributed by atoms with Crippen molar-refractivity contribution < 1.29 is 9.53 Å². The number of benzene rings is 1. The number of carbonyl (C=O) groups excluding carboxylic acids is 1. The van der Waals surface area contributed by atoms with Gasteiger partial charge in [0.05, 0.1) is 5.52 Å². The molecular weight excluding hydrogens is 294 g/mol. The summed E-state index contributed by atoms with van der Waals surface area (Å²) in [6.07, 6.45) is 1.95. The second-order valence-corrected chi connectivity index (χ2v) is 5.87. The maximum atomic E-state index is 9.60. The number of carbonyl (C=O) groups is 1. The zero-order chi connectivity index (χ0) is 13.8. The van der Waals surface area contributed by atoms with Gasteiger partial charge in [-0.3, -0.25) is 4.79 Å². The first-order chi connectivity index (χ1) is 8.33. The molecule has 0 atom stereocenters. The van der Waals surface area contributed by atoms with Gasteiger partial charge < -0.3 is 9.72 Å². The number of hydrogen-bond acceptors (Lipinski definition) is 2. The molecule has 0 unspecified atom stereocenters. The van der Waals surface area contributed by atoms with Crippen molar-refractivity contribution in [1.29, 1.82) is 0 Å². The van der Waals surface area contributed by atoms with Crippen LogP contribution in [0.25, 0.3) is 10.9 Å². The van der Waals surface area contributed by atoms with Crippen LogP contribution in [0.5, 0.6) is 0 Å². The molecule has 3 nitrogen and oxygen atoms in total. The Bertz CT molecular complexity index is 526. The van der Waals surface area contributed by atoms with Gasteiger partial charge in [0.1, 0.15) is 5.60 Å². The maximum Gasteiger partial charge on any atom is 0.293 e. The number of nitrogens with one attached hydrogen (secondary N) is 1. The lowest BCUT2D eigenvalue weighted by molar-refractivity contribution is -0.138. The lowest BCUT2D eigenvalue weighted by Crippen LogP contribution is -2.17. The maximum absolute atomic E-state index is 9.60. The highest BCUT2D eigenvalue weighted by molar-refractivity contribution is 9.10. The Morgan fingerprint density at radius 2 is 2.00 bits per heavy atom. The third-order valence-electron chi connectivity index (χ3n) is 2.16. The molecule has 4 heteroatoms. The number of fused-ring (bicyclic) bond motifs is 1. The van der Waals surface area contributed by atoms with Gasteiger partial charge in [-0.2, -0.15) is 0 Å². The summed E-state index contributed by atoms with van der Waals surface area (Å²) in [6, 6.07) is 6.35. The van der Waals surface area contributed by atoms with E-state index in [0.29, 0.717) is 6.47 Å². The molecule has 2 rings (SSSR count). The van der Waals surface area contributed by atoms with Crippen molar-refractivity contribution in [3.8, 4) is 0 Å². The average molecular weight is 312 g/mol. The van der Waals surface area contributed by atoms with E-state index in [-0.39, 0.29) is 5.60 Å². The van der Waals surface area contributed by atoms with Crippen molar-refractivity contribution in [2.45, 2.75) is 33.3 Å². The SMILES string of the molecule is CC(C)(C)OC=O.Cc1cc(Br)c2[nH]ccc2c1. The molecule has 0 amide bonds. The number of halogens is 1. The van der Waals surface area contributed by atoms with E-state index in [9.17, 15) is 4.79 Å². The molecule has 0 saturated carbocycles. The van der Waals surface area contributed by atoms with E-state index >= 15 is 0 Å². The molecule has 1 aromatic carbocycles. The van der Waals surface area contributed by atoms with E-state index in [1.807, 2.05) is 27.0 Å². The highest BCUT2D eigenvalue weighted by Crippen LogP contribution is 2.23. The van der Waals surface area contributed by atoms with E-state index in [1.54, 1.807) is 0 Å². The first-order valence-electron chi connectivity index (χ1n) is 5.68. The van der Waals surface area contributed by atoms with Crippen LogP contribution < -0.4 is 0 Å². The Labute approximate surface area is 116 Å². The minimum absolute atomic E-state index is 0.318. The van der Waals surface area contributed by atoms with Crippen molar-refractivity contribution in [2.75, 3.05) is 0 Å². The van der Waals surface area contributed by atoms with Crippen molar-refractivity contribution >= 4 is 33.3 Å². The van der Waals surface area contributed by atoms with E-state index in [2.05, 4.69) is 50.8 Å². The predicted molar refractivity (Wildman–Crippen MR) is 77.6 cm³/mol. The molecule has 0 fully saturated rings. The molecule has 2 aromatic rings. The van der Waals surface area contributed by atoms with E-state index in [0.717, 1.165) is 4.47 Å². The van der Waals surface area contributed by atoms with Crippen LogP contribution in [0.1, 0.15) is 26.3 Å². The van der Waals surface area contributed by atoms with Crippen LogP contribution >= 0.6 is 15.9 Å². The Balaban J connectivity index is 0.000000203. The number of aromatic amines is 1. The van der Waals surface area contributed by atoms with Crippen molar-refractivity contribution in [3.63, 3.8) is 0 Å². The number of aryl methyl sites for hydroxylation is 1. The lowest BCUT2D eigenvalue weighted by Gasteiger charge is -2.14. The van der Waals surface area contributed by atoms with Gasteiger partial charge in [0.2, 0.25) is 0 Å². The molecule has 0 radical (unpaired) electrons. The quantitative estimate of drug-likeness (QED) is 0.802. The van der Waals surface area contributed by atoms with Gasteiger partial charge in [-0.15, -0.1) is 0 Å². The van der Waals surface area contributed by atoms with Crippen molar-refractivity contribution in [1.82, 2.24) is 4.98 Å². The third-order valence-corrected chi connectivity index (χ3v) is 2.78. The summed E-state index contributed by atoms with van der Waals surface area (Å²) in [7, 11) is 0. The molecular formula is C14H18BrNO2. The first kappa shape index (κ1) is 14.8. The summed E-state index contributed by atoms with van der Waals surface area (Å²) in [5.74, 6) is 0. The van der Waals surface area contributed by atoms with Crippen molar-refractivity contribution in [2.24, 2.45) is 0 Å². The molecule has 0 bridgehead atoms. The number of hydrogen-bond donors (Lipinski definition) is 1. The molecule has 0 aliphatic rings. The molecule has 1 heterocycles. The van der Waals surface area contributed by atoms with Crippen LogP contribution in [-0.4, -0.2) is 17.1 Å². The fourth-order valence-electron chi connectivity index (χ4n) is 1.41. The Kier molecular flexibility index (Phi) is 4.96. The molecule has 0 spiro atoms. The molecule has 18 heavy (non-hydrogen) atoms. The van der Waals surface area contributed by atoms with E-state index in [4.69, 9.17) is 0 Å². The second-order valence-electron chi connectivity index (χ2n) is 5.02. The third kappa shape index (κ3) is 4.53. The summed E-state index contributed by atoms with van der Waals surface area (Å²) < 4.78 is 5.69. The Hall–Kier alpha value is -1.29. The predicted octanol–water partition coefficient (Wildman–Crippen LogP) is 4.20. The second kappa shape index (κ2) is 6.05. The molecule has 0 aliphatic carbocycles. The Morgan fingerprint density at radius 3 is 2.50 bits per heavy atom. The van der Waals surface area contributed by atoms with Gasteiger partial charge >= 0.3 is 0 Å². The number of H-pyrrole nitrogens is 1. The summed E-state index contributed by atoms with van der Waals surface area (Å²) in [4.78, 5) is 12.8. The first-order valence-corrected chi connectivity index (χ1v) is 6.47. The molecule has 0 saturated heterocycles. The molecule has 1 N–H and O–H groups in total. The fraction of sp³-hybridized carbons (Fsp3) is 0.357. The van der Waals surface area contributed by atoms with Crippen LogP contribution in [0.4, 0.5) is 0 Å². The van der Waals surface area contributed by atoms with Gasteiger partial charge in [-0.25, -0.2) is 0 Å². The van der Waals surface area contributed by atoms with Gasteiger partial charge in [-0.05, 0) is 67.4 Å². The number of aromatic nitrogens is 1. The fourth-order valence-corrected chi connectivity index (χ4v) is 2.12. The molecule has 98 valence electrons. The zero-order valence-electron chi connectivity index (χ0n) is 11.1. The summed E-state index contributed by atoms with van der Waals surface area (Å²) in [5.41, 5.74) is 2.14. The summed E-state index contributed by atoms with van der Waals surface area (Å²) in [6.45, 7) is 8.02. The number of ether oxygens (including phenoxy) is 1. The lowest BCUT2D eigenvalue weighted by atomic mass is 10.2. The van der Waals surface area contributed by atoms with E-state index < -0.39 is 0 Å². The van der Waals surface area contributed by atoms with Crippen LogP contribution in [0.3, 0.4) is 0 Å². The average Bonchev–Trinajstić information content (AvgIpc) is 2.64. The highest BCUT2D eigenvalue weighted by atomic mass is 79.9. The minimum atomic E-state index is -0.318. The molecule has 1 aromatic heterocycles. The van der Waals surface area contributed by atoms with E-state index in [1.165, 1.54) is 16.5 Å². The minimum Gasteiger partial charge on any atom is -0.462 e. The Morgan fingerprint density at radius 1 is 1.33 bits per heavy atom. The monoisotopic (exact) mass is 311 g/mol. The van der Waals surface area contributed by atoms with Crippen LogP contribution in [0.15, 0.2) is 28.9 Å². The van der Waals surface area contributed by atoms with Crippen LogP contribution in [-0.2, 0) is 9.53 Å². The topological polar surface area (TPSA) is 42.1 Å². The highest BCUT2D eigenvalue weighted by Gasteiger charge is 2.07. The van der Waals surface area contributed by atoms with Crippen LogP contribution in [0, 0.1) is 6.92 Å². The standard InChI is InChI=1S/C9H8BrN.C5H10O2/c1-6-4-7-2-3-11-9(7)8(10)5-6;1-5(2,3)7-4-6/h2-5,11H,1H3;4H,1-3H3. The number of rotatable bonds is 1. The van der Waals surface area contributed by atoms with Gasteiger partial charge in [0.25, 0.3) is 6.47 Å². The zero-order valence-corrected chi connectivity index (χ0v) is 12.7. The van der Waals surface area contributed by atoms with Gasteiger partial charge in [-0.1, -0.05) is 0 Å². The van der Waals surface area contributed by atoms with Crippen molar-refractivity contribution in [3.05, 3.63) is 34.4 Å².